The summed E-state index contributed by atoms with van der Waals surface area (Å²) in [6.07, 6.45) is 0. The van der Waals surface area contributed by atoms with Gasteiger partial charge in [0.15, 0.2) is 0 Å². The number of hydrogen-bond acceptors (Lipinski definition) is 4. The summed E-state index contributed by atoms with van der Waals surface area (Å²) in [7, 11) is -2.04. The van der Waals surface area contributed by atoms with Crippen LogP contribution < -0.4 is 14.4 Å². The molecule has 0 aromatic heterocycles. The molecular formula is C26H28N2O3S. The first-order chi connectivity index (χ1) is 15.2. The van der Waals surface area contributed by atoms with Gasteiger partial charge in [0.05, 0.1) is 23.7 Å². The highest BCUT2D eigenvalue weighted by molar-refractivity contribution is 7.92. The number of aryl methyl sites for hydroxylation is 1. The van der Waals surface area contributed by atoms with Crippen LogP contribution in [0, 0.1) is 12.8 Å². The third-order valence-electron chi connectivity index (χ3n) is 7.07. The van der Waals surface area contributed by atoms with Gasteiger partial charge in [0.2, 0.25) is 0 Å². The average molecular weight is 449 g/mol. The molecular weight excluding hydrogens is 420 g/mol. The number of sulfonamides is 1. The van der Waals surface area contributed by atoms with Gasteiger partial charge in [0.1, 0.15) is 5.75 Å². The van der Waals surface area contributed by atoms with Crippen molar-refractivity contribution >= 4 is 21.4 Å². The van der Waals surface area contributed by atoms with Crippen LogP contribution in [0.25, 0.3) is 0 Å². The molecule has 0 unspecified atom stereocenters. The fourth-order valence-corrected chi connectivity index (χ4v) is 6.66. The third-order valence-corrected chi connectivity index (χ3v) is 8.87. The number of para-hydroxylation sites is 1. The Labute approximate surface area is 190 Å². The molecule has 0 radical (unpaired) electrons. The zero-order chi connectivity index (χ0) is 22.7. The molecule has 3 aromatic carbocycles. The van der Waals surface area contributed by atoms with E-state index in [-0.39, 0.29) is 17.4 Å². The summed E-state index contributed by atoms with van der Waals surface area (Å²) < 4.78 is 34.6. The van der Waals surface area contributed by atoms with E-state index in [0.717, 1.165) is 33.8 Å². The molecule has 2 atom stereocenters. The van der Waals surface area contributed by atoms with E-state index in [2.05, 4.69) is 31.3 Å². The molecule has 32 heavy (non-hydrogen) atoms. The molecule has 6 heteroatoms. The molecule has 166 valence electrons. The van der Waals surface area contributed by atoms with Gasteiger partial charge in [-0.05, 0) is 59.9 Å². The van der Waals surface area contributed by atoms with Gasteiger partial charge < -0.3 is 10.1 Å². The molecule has 2 aliphatic rings. The van der Waals surface area contributed by atoms with Crippen LogP contribution in [0.5, 0.6) is 5.75 Å². The molecule has 5 nitrogen and oxygen atoms in total. The van der Waals surface area contributed by atoms with E-state index in [9.17, 15) is 8.42 Å². The molecule has 0 amide bonds. The lowest BCUT2D eigenvalue weighted by atomic mass is 9.64. The second kappa shape index (κ2) is 7.27. The Morgan fingerprint density at radius 3 is 2.47 bits per heavy atom. The molecule has 0 saturated heterocycles. The van der Waals surface area contributed by atoms with E-state index in [1.807, 2.05) is 49.4 Å². The fraction of sp³-hybridized carbons (Fsp3) is 0.308. The van der Waals surface area contributed by atoms with Crippen LogP contribution in [0.2, 0.25) is 0 Å². The average Bonchev–Trinajstić information content (AvgIpc) is 2.79. The van der Waals surface area contributed by atoms with Gasteiger partial charge in [-0.25, -0.2) is 8.42 Å². The van der Waals surface area contributed by atoms with Crippen LogP contribution in [0.1, 0.15) is 36.6 Å². The van der Waals surface area contributed by atoms with Crippen molar-refractivity contribution in [3.8, 4) is 5.75 Å². The van der Waals surface area contributed by atoms with Crippen molar-refractivity contribution < 1.29 is 13.2 Å². The maximum Gasteiger partial charge on any atom is 0.264 e. The number of methoxy groups -OCH3 is 1. The van der Waals surface area contributed by atoms with Crippen LogP contribution in [-0.4, -0.2) is 22.1 Å². The van der Waals surface area contributed by atoms with E-state index >= 15 is 0 Å². The first-order valence-electron chi connectivity index (χ1n) is 10.9. The number of benzene rings is 3. The molecule has 2 aliphatic heterocycles. The molecule has 0 bridgehead atoms. The first kappa shape index (κ1) is 20.9. The van der Waals surface area contributed by atoms with Crippen LogP contribution in [0.4, 0.5) is 11.4 Å². The minimum atomic E-state index is -3.70. The molecule has 1 N–H and O–H groups in total. The standard InChI is InChI=1S/C26H28N2O3S/c1-17-9-12-19(13-10-17)32(29,30)28-16-22-25(20-7-5-6-8-24(20)28)27-23-14-11-18(31-4)15-21(23)26(22,2)3/h5-15,22,25,27H,16H2,1-4H3/t22-,25-/m1/s1. The molecule has 2 heterocycles. The molecule has 0 fully saturated rings. The van der Waals surface area contributed by atoms with Crippen LogP contribution in [0.3, 0.4) is 0 Å². The molecule has 0 aliphatic carbocycles. The topological polar surface area (TPSA) is 58.6 Å². The zero-order valence-electron chi connectivity index (χ0n) is 18.8. The van der Waals surface area contributed by atoms with Crippen molar-refractivity contribution in [2.45, 2.75) is 37.1 Å². The van der Waals surface area contributed by atoms with Gasteiger partial charge in [-0.2, -0.15) is 0 Å². The van der Waals surface area contributed by atoms with Crippen molar-refractivity contribution in [3.05, 3.63) is 83.4 Å². The van der Waals surface area contributed by atoms with Crippen molar-refractivity contribution in [2.75, 3.05) is 23.3 Å². The lowest BCUT2D eigenvalue weighted by molar-refractivity contribution is 0.268. The zero-order valence-corrected chi connectivity index (χ0v) is 19.6. The normalized spacial score (nSPS) is 21.1. The Balaban J connectivity index is 1.66. The third kappa shape index (κ3) is 3.08. The Bertz CT molecular complexity index is 1280. The SMILES string of the molecule is COc1ccc2c(c1)C(C)(C)[C@@H]1CN(S(=O)(=O)c3ccc(C)cc3)c3ccccc3[C@H]1N2. The minimum Gasteiger partial charge on any atom is -0.497 e. The summed E-state index contributed by atoms with van der Waals surface area (Å²) >= 11 is 0. The highest BCUT2D eigenvalue weighted by Gasteiger charge is 2.49. The number of ether oxygens (including phenoxy) is 1. The number of nitrogens with one attached hydrogen (secondary N) is 1. The van der Waals surface area contributed by atoms with Gasteiger partial charge >= 0.3 is 0 Å². The lowest BCUT2D eigenvalue weighted by Gasteiger charge is -2.51. The predicted octanol–water partition coefficient (Wildman–Crippen LogP) is 5.27. The smallest absolute Gasteiger partial charge is 0.264 e. The van der Waals surface area contributed by atoms with Crippen molar-refractivity contribution in [3.63, 3.8) is 0 Å². The largest absolute Gasteiger partial charge is 0.497 e. The maximum atomic E-state index is 13.8. The second-order valence-corrected chi connectivity index (χ2v) is 11.1. The maximum absolute atomic E-state index is 13.8. The Kier molecular flexibility index (Phi) is 4.75. The highest BCUT2D eigenvalue weighted by Crippen LogP contribution is 2.53. The molecule has 5 rings (SSSR count). The summed E-state index contributed by atoms with van der Waals surface area (Å²) in [5.41, 5.74) is 4.73. The van der Waals surface area contributed by atoms with E-state index in [1.165, 1.54) is 0 Å². The predicted molar refractivity (Wildman–Crippen MR) is 128 cm³/mol. The van der Waals surface area contributed by atoms with Crippen LogP contribution in [-0.2, 0) is 15.4 Å². The summed E-state index contributed by atoms with van der Waals surface area (Å²) in [6.45, 7) is 6.76. The summed E-state index contributed by atoms with van der Waals surface area (Å²) in [5, 5.41) is 3.70. The van der Waals surface area contributed by atoms with E-state index < -0.39 is 10.0 Å². The number of hydrogen-bond donors (Lipinski definition) is 1. The number of anilines is 2. The Hall–Kier alpha value is -2.99. The van der Waals surface area contributed by atoms with E-state index in [0.29, 0.717) is 11.4 Å². The van der Waals surface area contributed by atoms with Gasteiger partial charge in [0.25, 0.3) is 10.0 Å². The lowest BCUT2D eigenvalue weighted by Crippen LogP contribution is -2.52. The quantitative estimate of drug-likeness (QED) is 0.593. The van der Waals surface area contributed by atoms with E-state index in [1.54, 1.807) is 23.5 Å². The fourth-order valence-electron chi connectivity index (χ4n) is 5.14. The van der Waals surface area contributed by atoms with Gasteiger partial charge in [-0.1, -0.05) is 49.7 Å². The Morgan fingerprint density at radius 1 is 1.03 bits per heavy atom. The molecule has 0 spiro atoms. The van der Waals surface area contributed by atoms with Crippen molar-refractivity contribution in [1.29, 1.82) is 0 Å². The highest BCUT2D eigenvalue weighted by atomic mass is 32.2. The number of rotatable bonds is 3. The van der Waals surface area contributed by atoms with Crippen LogP contribution >= 0.6 is 0 Å². The first-order valence-corrected chi connectivity index (χ1v) is 12.3. The second-order valence-electron chi connectivity index (χ2n) is 9.27. The van der Waals surface area contributed by atoms with Crippen LogP contribution in [0.15, 0.2) is 71.6 Å². The monoisotopic (exact) mass is 448 g/mol. The van der Waals surface area contributed by atoms with Gasteiger partial charge in [-0.3, -0.25) is 4.31 Å². The summed E-state index contributed by atoms with van der Waals surface area (Å²) in [5.74, 6) is 0.842. The Morgan fingerprint density at radius 2 is 1.75 bits per heavy atom. The summed E-state index contributed by atoms with van der Waals surface area (Å²) in [4.78, 5) is 0.319. The number of fused-ring (bicyclic) bond motifs is 4. The summed E-state index contributed by atoms with van der Waals surface area (Å²) in [6, 6.07) is 21.0. The molecule has 0 saturated carbocycles. The minimum absolute atomic E-state index is 0.0200. The number of nitrogens with zero attached hydrogens (tertiary/aromatic N) is 1. The van der Waals surface area contributed by atoms with Gasteiger partial charge in [-0.15, -0.1) is 0 Å². The van der Waals surface area contributed by atoms with Gasteiger partial charge in [0, 0.05) is 18.2 Å². The van der Waals surface area contributed by atoms with Crippen molar-refractivity contribution in [2.24, 2.45) is 5.92 Å². The van der Waals surface area contributed by atoms with Crippen molar-refractivity contribution in [1.82, 2.24) is 0 Å². The molecule has 3 aromatic rings. The van der Waals surface area contributed by atoms with E-state index in [4.69, 9.17) is 4.74 Å².